The summed E-state index contributed by atoms with van der Waals surface area (Å²) in [5, 5.41) is 21.6. The number of nitrogens with one attached hydrogen (secondary N) is 2. The number of hydrogen-bond acceptors (Lipinski definition) is 9. The number of nitrogens with zero attached hydrogens (tertiary/aromatic N) is 2. The van der Waals surface area contributed by atoms with Gasteiger partial charge in [-0.05, 0) is 31.0 Å². The van der Waals surface area contributed by atoms with Gasteiger partial charge in [-0.2, -0.15) is 0 Å². The number of benzene rings is 1. The van der Waals surface area contributed by atoms with Crippen molar-refractivity contribution < 1.29 is 22.9 Å². The molecule has 0 radical (unpaired) electrons. The third-order valence-electron chi connectivity index (χ3n) is 3.69. The molecule has 0 aliphatic heterocycles. The summed E-state index contributed by atoms with van der Waals surface area (Å²) in [6.45, 7) is 2.03. The maximum atomic E-state index is 11.5. The molecule has 0 bridgehead atoms. The number of nitrogen functional groups attached to an aromatic ring is 1. The Labute approximate surface area is 166 Å². The predicted octanol–water partition coefficient (Wildman–Crippen LogP) is 1.44. The molecule has 0 atom stereocenters. The van der Waals surface area contributed by atoms with Crippen LogP contribution in [0.4, 0.5) is 27.8 Å². The molecule has 1 heterocycles. The van der Waals surface area contributed by atoms with Crippen molar-refractivity contribution >= 4 is 39.1 Å². The molecule has 156 valence electrons. The molecule has 1 amide bonds. The highest BCUT2D eigenvalue weighted by Crippen LogP contribution is 2.32. The van der Waals surface area contributed by atoms with Gasteiger partial charge in [0.1, 0.15) is 11.5 Å². The number of hydrogen-bond donors (Lipinski definition) is 4. The minimum Gasteiger partial charge on any atom is -0.450 e. The first-order chi connectivity index (χ1) is 13.6. The third-order valence-corrected chi connectivity index (χ3v) is 4.62. The molecule has 0 saturated carbocycles. The van der Waals surface area contributed by atoms with Gasteiger partial charge in [-0.1, -0.05) is 12.1 Å². The van der Waals surface area contributed by atoms with Gasteiger partial charge < -0.3 is 15.8 Å². The fourth-order valence-corrected chi connectivity index (χ4v) is 2.92. The van der Waals surface area contributed by atoms with Crippen molar-refractivity contribution in [3.05, 3.63) is 46.0 Å². The predicted molar refractivity (Wildman–Crippen MR) is 106 cm³/mol. The highest BCUT2D eigenvalue weighted by atomic mass is 32.2. The molecule has 0 aliphatic rings. The summed E-state index contributed by atoms with van der Waals surface area (Å²) in [4.78, 5) is 25.9. The van der Waals surface area contributed by atoms with Crippen LogP contribution in [0.15, 0.2) is 35.2 Å². The van der Waals surface area contributed by atoms with Crippen molar-refractivity contribution in [1.29, 1.82) is 0 Å². The number of anilines is 3. The summed E-state index contributed by atoms with van der Waals surface area (Å²) in [6.07, 6.45) is -0.348. The Morgan fingerprint density at radius 3 is 2.52 bits per heavy atom. The van der Waals surface area contributed by atoms with Gasteiger partial charge in [-0.3, -0.25) is 15.4 Å². The Hall–Kier alpha value is -3.45. The molecule has 0 aliphatic carbocycles. The normalized spacial score (nSPS) is 11.0. The summed E-state index contributed by atoms with van der Waals surface area (Å²) in [7, 11) is -3.78. The maximum absolute atomic E-state index is 11.5. The van der Waals surface area contributed by atoms with E-state index in [4.69, 9.17) is 15.6 Å². The lowest BCUT2D eigenvalue weighted by Gasteiger charge is -2.11. The Balaban J connectivity index is 2.14. The van der Waals surface area contributed by atoms with Crippen LogP contribution in [0.2, 0.25) is 0 Å². The van der Waals surface area contributed by atoms with Crippen LogP contribution in [-0.4, -0.2) is 37.6 Å². The first kappa shape index (κ1) is 21.8. The van der Waals surface area contributed by atoms with Crippen molar-refractivity contribution in [3.63, 3.8) is 0 Å². The maximum Gasteiger partial charge on any atom is 0.412 e. The Morgan fingerprint density at radius 1 is 1.31 bits per heavy atom. The summed E-state index contributed by atoms with van der Waals surface area (Å²) in [5.74, 6) is -0.379. The Morgan fingerprint density at radius 2 is 1.97 bits per heavy atom. The largest absolute Gasteiger partial charge is 0.450 e. The number of rotatable bonds is 8. The van der Waals surface area contributed by atoms with Crippen molar-refractivity contribution in [2.24, 2.45) is 5.14 Å². The number of ether oxygens (including phenoxy) is 1. The van der Waals surface area contributed by atoms with Crippen LogP contribution in [0.1, 0.15) is 12.5 Å². The smallest absolute Gasteiger partial charge is 0.412 e. The summed E-state index contributed by atoms with van der Waals surface area (Å²) >= 11 is 0. The van der Waals surface area contributed by atoms with Gasteiger partial charge in [0.05, 0.1) is 16.4 Å². The van der Waals surface area contributed by atoms with Crippen molar-refractivity contribution in [1.82, 2.24) is 4.98 Å². The van der Waals surface area contributed by atoms with Crippen LogP contribution in [0, 0.1) is 10.1 Å². The van der Waals surface area contributed by atoms with E-state index >= 15 is 0 Å². The van der Waals surface area contributed by atoms with E-state index in [0.29, 0.717) is 6.42 Å². The van der Waals surface area contributed by atoms with Crippen LogP contribution in [-0.2, 0) is 21.2 Å². The molecule has 2 aromatic rings. The molecule has 2 rings (SSSR count). The van der Waals surface area contributed by atoms with E-state index in [1.807, 2.05) is 0 Å². The van der Waals surface area contributed by atoms with Crippen molar-refractivity contribution in [2.75, 3.05) is 29.5 Å². The molecule has 12 nitrogen and oxygen atoms in total. The molecule has 1 aromatic heterocycles. The summed E-state index contributed by atoms with van der Waals surface area (Å²) < 4.78 is 27.3. The zero-order valence-corrected chi connectivity index (χ0v) is 16.2. The fraction of sp³-hybridized carbons (Fsp3) is 0.250. The van der Waals surface area contributed by atoms with E-state index in [1.54, 1.807) is 19.1 Å². The topological polar surface area (TPSA) is 193 Å². The number of carbonyl (C=O) groups excluding carboxylic acids is 1. The average molecular weight is 424 g/mol. The molecule has 0 saturated heterocycles. The molecular weight excluding hydrogens is 404 g/mol. The van der Waals surface area contributed by atoms with Crippen molar-refractivity contribution in [2.45, 2.75) is 18.2 Å². The van der Waals surface area contributed by atoms with E-state index in [-0.39, 0.29) is 35.4 Å². The monoisotopic (exact) mass is 424 g/mol. The average Bonchev–Trinajstić information content (AvgIpc) is 2.61. The molecule has 6 N–H and O–H groups in total. The third kappa shape index (κ3) is 6.02. The second kappa shape index (κ2) is 9.16. The Kier molecular flexibility index (Phi) is 6.90. The minimum atomic E-state index is -3.78. The molecule has 29 heavy (non-hydrogen) atoms. The van der Waals surface area contributed by atoms with Crippen LogP contribution < -0.4 is 21.5 Å². The molecule has 1 aromatic carbocycles. The van der Waals surface area contributed by atoms with Gasteiger partial charge in [-0.15, -0.1) is 0 Å². The number of carbonyl (C=O) groups is 1. The molecular formula is C16H20N6O6S. The van der Waals surface area contributed by atoms with Gasteiger partial charge >= 0.3 is 11.8 Å². The summed E-state index contributed by atoms with van der Waals surface area (Å²) in [5.41, 5.74) is 6.08. The van der Waals surface area contributed by atoms with Crippen LogP contribution in [0.3, 0.4) is 0 Å². The number of aromatic nitrogens is 1. The SMILES string of the molecule is CCOC(=O)Nc1cc(NCCc2ccc(S(N)(=O)=O)cc2)c([N+](=O)[O-])c(N)n1. The van der Waals surface area contributed by atoms with E-state index in [1.165, 1.54) is 18.2 Å². The van der Waals surface area contributed by atoms with E-state index in [2.05, 4.69) is 15.6 Å². The van der Waals surface area contributed by atoms with Gasteiger partial charge in [0.2, 0.25) is 15.8 Å². The highest BCUT2D eigenvalue weighted by Gasteiger charge is 2.22. The second-order valence-electron chi connectivity index (χ2n) is 5.76. The van der Waals surface area contributed by atoms with Gasteiger partial charge in [0, 0.05) is 12.6 Å². The number of amides is 1. The fourth-order valence-electron chi connectivity index (χ4n) is 2.41. The van der Waals surface area contributed by atoms with Gasteiger partial charge in [0.25, 0.3) is 0 Å². The first-order valence-corrected chi connectivity index (χ1v) is 9.90. The van der Waals surface area contributed by atoms with E-state index < -0.39 is 26.7 Å². The Bertz CT molecular complexity index is 1010. The second-order valence-corrected chi connectivity index (χ2v) is 7.32. The highest BCUT2D eigenvalue weighted by molar-refractivity contribution is 7.89. The summed E-state index contributed by atoms with van der Waals surface area (Å²) in [6, 6.07) is 7.20. The lowest BCUT2D eigenvalue weighted by Crippen LogP contribution is -2.16. The van der Waals surface area contributed by atoms with Crippen LogP contribution in [0.25, 0.3) is 0 Å². The standard InChI is InChI=1S/C16H20N6O6S/c1-2-28-16(23)21-13-9-12(14(22(24)25)15(17)20-13)19-8-7-10-3-5-11(6-4-10)29(18,26)27/h3-6,9H,2,7-8H2,1H3,(H2,18,26,27)(H4,17,19,20,21,23). The van der Waals surface area contributed by atoms with Gasteiger partial charge in [-0.25, -0.2) is 23.3 Å². The number of pyridine rings is 1. The minimum absolute atomic E-state index is 0.00782. The lowest BCUT2D eigenvalue weighted by molar-refractivity contribution is -0.383. The molecule has 0 spiro atoms. The van der Waals surface area contributed by atoms with Crippen molar-refractivity contribution in [3.8, 4) is 0 Å². The molecule has 13 heteroatoms. The molecule has 0 fully saturated rings. The van der Waals surface area contributed by atoms with Crippen LogP contribution in [0.5, 0.6) is 0 Å². The molecule has 0 unspecified atom stereocenters. The number of nitrogens with two attached hydrogens (primary N) is 2. The quantitative estimate of drug-likeness (QED) is 0.358. The zero-order valence-electron chi connectivity index (χ0n) is 15.4. The van der Waals surface area contributed by atoms with E-state index in [9.17, 15) is 23.3 Å². The van der Waals surface area contributed by atoms with Gasteiger partial charge in [0.15, 0.2) is 0 Å². The zero-order chi connectivity index (χ0) is 21.6. The number of primary sulfonamides is 1. The number of nitro groups is 1. The number of sulfonamides is 1. The van der Waals surface area contributed by atoms with Crippen LogP contribution >= 0.6 is 0 Å². The lowest BCUT2D eigenvalue weighted by atomic mass is 10.1. The first-order valence-electron chi connectivity index (χ1n) is 8.36. The van der Waals surface area contributed by atoms with E-state index in [0.717, 1.165) is 5.56 Å².